The van der Waals surface area contributed by atoms with Crippen molar-refractivity contribution in [3.63, 3.8) is 0 Å². The number of anilines is 1. The summed E-state index contributed by atoms with van der Waals surface area (Å²) in [6.45, 7) is 5.06. The van der Waals surface area contributed by atoms with Crippen LogP contribution in [0.4, 0.5) is 10.1 Å². The van der Waals surface area contributed by atoms with Gasteiger partial charge >= 0.3 is 0 Å². The first-order valence-electron chi connectivity index (χ1n) is 5.20. The number of ether oxygens (including phenoxy) is 1. The standard InChI is InChI=1S/C12H15FN2O/c1-3-16-8-9(2)15-12-5-10(7-14)4-11(13)6-12/h4-6,9,15H,3,8H2,1-2H3. The zero-order valence-corrected chi connectivity index (χ0v) is 9.46. The average molecular weight is 222 g/mol. The Morgan fingerprint density at radius 2 is 2.25 bits per heavy atom. The van der Waals surface area contributed by atoms with Gasteiger partial charge in [0, 0.05) is 18.3 Å². The van der Waals surface area contributed by atoms with E-state index in [2.05, 4.69) is 5.32 Å². The highest BCUT2D eigenvalue weighted by atomic mass is 19.1. The maximum Gasteiger partial charge on any atom is 0.126 e. The van der Waals surface area contributed by atoms with Crippen molar-refractivity contribution in [2.24, 2.45) is 0 Å². The summed E-state index contributed by atoms with van der Waals surface area (Å²) < 4.78 is 18.3. The summed E-state index contributed by atoms with van der Waals surface area (Å²) in [6, 6.07) is 6.18. The van der Waals surface area contributed by atoms with Crippen molar-refractivity contribution in [3.05, 3.63) is 29.6 Å². The third-order valence-corrected chi connectivity index (χ3v) is 2.01. The fourth-order valence-electron chi connectivity index (χ4n) is 1.36. The van der Waals surface area contributed by atoms with Crippen LogP contribution in [0, 0.1) is 17.1 Å². The highest BCUT2D eigenvalue weighted by Gasteiger charge is 2.04. The van der Waals surface area contributed by atoms with Crippen molar-refractivity contribution < 1.29 is 9.13 Å². The van der Waals surface area contributed by atoms with Crippen molar-refractivity contribution in [1.29, 1.82) is 5.26 Å². The Kier molecular flexibility index (Phi) is 4.74. The van der Waals surface area contributed by atoms with Gasteiger partial charge in [-0.1, -0.05) is 0 Å². The molecule has 0 heterocycles. The summed E-state index contributed by atoms with van der Waals surface area (Å²) >= 11 is 0. The molecule has 0 amide bonds. The minimum Gasteiger partial charge on any atom is -0.380 e. The smallest absolute Gasteiger partial charge is 0.126 e. The lowest BCUT2D eigenvalue weighted by molar-refractivity contribution is 0.141. The maximum absolute atomic E-state index is 13.1. The second-order valence-electron chi connectivity index (χ2n) is 3.55. The molecule has 0 saturated carbocycles. The molecule has 86 valence electrons. The van der Waals surface area contributed by atoms with Gasteiger partial charge in [0.15, 0.2) is 0 Å². The number of nitrogens with zero attached hydrogens (tertiary/aromatic N) is 1. The molecule has 1 atom stereocenters. The number of benzene rings is 1. The van der Waals surface area contributed by atoms with Gasteiger partial charge in [0.1, 0.15) is 5.82 Å². The Morgan fingerprint density at radius 1 is 1.50 bits per heavy atom. The summed E-state index contributed by atoms with van der Waals surface area (Å²) in [5.74, 6) is -0.412. The lowest BCUT2D eigenvalue weighted by Crippen LogP contribution is -2.21. The SMILES string of the molecule is CCOCC(C)Nc1cc(F)cc(C#N)c1. The van der Waals surface area contributed by atoms with E-state index in [1.807, 2.05) is 19.9 Å². The Morgan fingerprint density at radius 3 is 2.88 bits per heavy atom. The van der Waals surface area contributed by atoms with Crippen molar-refractivity contribution in [1.82, 2.24) is 0 Å². The number of hydrogen-bond acceptors (Lipinski definition) is 3. The molecular formula is C12H15FN2O. The zero-order chi connectivity index (χ0) is 12.0. The molecule has 3 nitrogen and oxygen atoms in total. The van der Waals surface area contributed by atoms with Crippen LogP contribution >= 0.6 is 0 Å². The van der Waals surface area contributed by atoms with Crippen LogP contribution < -0.4 is 5.32 Å². The first kappa shape index (κ1) is 12.5. The molecule has 1 aromatic rings. The van der Waals surface area contributed by atoms with E-state index in [0.29, 0.717) is 24.5 Å². The van der Waals surface area contributed by atoms with Gasteiger partial charge < -0.3 is 10.1 Å². The molecule has 4 heteroatoms. The first-order valence-corrected chi connectivity index (χ1v) is 5.20. The maximum atomic E-state index is 13.1. The minimum atomic E-state index is -0.412. The van der Waals surface area contributed by atoms with Crippen LogP contribution in [0.3, 0.4) is 0 Å². The van der Waals surface area contributed by atoms with Gasteiger partial charge in [-0.15, -0.1) is 0 Å². The van der Waals surface area contributed by atoms with E-state index in [1.165, 1.54) is 12.1 Å². The number of rotatable bonds is 5. The van der Waals surface area contributed by atoms with Gasteiger partial charge in [0.2, 0.25) is 0 Å². The summed E-state index contributed by atoms with van der Waals surface area (Å²) in [5, 5.41) is 11.8. The van der Waals surface area contributed by atoms with E-state index in [9.17, 15) is 4.39 Å². The van der Waals surface area contributed by atoms with Gasteiger partial charge in [-0.25, -0.2) is 4.39 Å². The summed E-state index contributed by atoms with van der Waals surface area (Å²) in [6.07, 6.45) is 0. The average Bonchev–Trinajstić information content (AvgIpc) is 2.25. The van der Waals surface area contributed by atoms with Crippen LogP contribution in [0.1, 0.15) is 19.4 Å². The van der Waals surface area contributed by atoms with E-state index < -0.39 is 5.82 Å². The van der Waals surface area contributed by atoms with Gasteiger partial charge in [-0.3, -0.25) is 0 Å². The Hall–Kier alpha value is -1.60. The van der Waals surface area contributed by atoms with E-state index >= 15 is 0 Å². The Balaban J connectivity index is 2.66. The monoisotopic (exact) mass is 222 g/mol. The summed E-state index contributed by atoms with van der Waals surface area (Å²) in [5.41, 5.74) is 0.912. The topological polar surface area (TPSA) is 45.0 Å². The highest BCUT2D eigenvalue weighted by Crippen LogP contribution is 2.14. The van der Waals surface area contributed by atoms with Crippen LogP contribution in [0.2, 0.25) is 0 Å². The molecule has 0 bridgehead atoms. The van der Waals surface area contributed by atoms with Crippen molar-refractivity contribution in [3.8, 4) is 6.07 Å². The summed E-state index contributed by atoms with van der Waals surface area (Å²) in [7, 11) is 0. The van der Waals surface area contributed by atoms with Gasteiger partial charge in [-0.05, 0) is 32.0 Å². The molecule has 0 aromatic heterocycles. The molecule has 1 rings (SSSR count). The van der Waals surface area contributed by atoms with Gasteiger partial charge in [0.05, 0.1) is 18.2 Å². The predicted octanol–water partition coefficient (Wildman–Crippen LogP) is 2.53. The molecule has 0 aliphatic carbocycles. The molecule has 0 spiro atoms. The molecule has 0 aliphatic rings. The molecule has 1 aromatic carbocycles. The fourth-order valence-corrected chi connectivity index (χ4v) is 1.36. The Labute approximate surface area is 94.8 Å². The zero-order valence-electron chi connectivity index (χ0n) is 9.46. The van der Waals surface area contributed by atoms with E-state index in [-0.39, 0.29) is 6.04 Å². The first-order chi connectivity index (χ1) is 7.65. The van der Waals surface area contributed by atoms with E-state index in [4.69, 9.17) is 10.00 Å². The normalized spacial score (nSPS) is 11.9. The van der Waals surface area contributed by atoms with Crippen LogP contribution in [0.5, 0.6) is 0 Å². The second-order valence-corrected chi connectivity index (χ2v) is 3.55. The molecule has 0 radical (unpaired) electrons. The number of nitriles is 1. The molecular weight excluding hydrogens is 207 g/mol. The van der Waals surface area contributed by atoms with E-state index in [1.54, 1.807) is 6.07 Å². The summed E-state index contributed by atoms with van der Waals surface area (Å²) in [4.78, 5) is 0. The largest absolute Gasteiger partial charge is 0.380 e. The van der Waals surface area contributed by atoms with Crippen molar-refractivity contribution >= 4 is 5.69 Å². The van der Waals surface area contributed by atoms with Gasteiger partial charge in [0.25, 0.3) is 0 Å². The van der Waals surface area contributed by atoms with Crippen LogP contribution in [-0.4, -0.2) is 19.3 Å². The van der Waals surface area contributed by atoms with Crippen molar-refractivity contribution in [2.45, 2.75) is 19.9 Å². The predicted molar refractivity (Wildman–Crippen MR) is 60.7 cm³/mol. The lowest BCUT2D eigenvalue weighted by atomic mass is 10.2. The fraction of sp³-hybridized carbons (Fsp3) is 0.417. The molecule has 1 N–H and O–H groups in total. The molecule has 16 heavy (non-hydrogen) atoms. The minimum absolute atomic E-state index is 0.0771. The third kappa shape index (κ3) is 3.87. The quantitative estimate of drug-likeness (QED) is 0.832. The number of halogens is 1. The number of hydrogen-bond donors (Lipinski definition) is 1. The van der Waals surface area contributed by atoms with Crippen LogP contribution in [0.15, 0.2) is 18.2 Å². The van der Waals surface area contributed by atoms with Crippen molar-refractivity contribution in [2.75, 3.05) is 18.5 Å². The molecule has 0 aliphatic heterocycles. The van der Waals surface area contributed by atoms with Crippen LogP contribution in [-0.2, 0) is 4.74 Å². The second kappa shape index (κ2) is 6.09. The Bertz CT molecular complexity index is 387. The van der Waals surface area contributed by atoms with E-state index in [0.717, 1.165) is 0 Å². The van der Waals surface area contributed by atoms with Crippen LogP contribution in [0.25, 0.3) is 0 Å². The third-order valence-electron chi connectivity index (χ3n) is 2.01. The molecule has 1 unspecified atom stereocenters. The highest BCUT2D eigenvalue weighted by molar-refractivity contribution is 5.50. The van der Waals surface area contributed by atoms with Gasteiger partial charge in [-0.2, -0.15) is 5.26 Å². The molecule has 0 fully saturated rings. The molecule has 0 saturated heterocycles. The lowest BCUT2D eigenvalue weighted by Gasteiger charge is -2.15. The number of nitrogens with one attached hydrogen (secondary N) is 1.